The molecule has 2 aromatic rings. The molecule has 0 bridgehead atoms. The van der Waals surface area contributed by atoms with Crippen molar-refractivity contribution in [1.82, 2.24) is 4.57 Å². The number of benzene rings is 2. The quantitative estimate of drug-likeness (QED) is 0.497. The van der Waals surface area contributed by atoms with E-state index in [1.54, 1.807) is 0 Å². The average Bonchev–Trinajstić information content (AvgIpc) is 3.06. The van der Waals surface area contributed by atoms with Crippen molar-refractivity contribution in [3.8, 4) is 0 Å². The molecule has 0 N–H and O–H groups in total. The monoisotopic (exact) mass is 451 g/mol. The van der Waals surface area contributed by atoms with Gasteiger partial charge in [-0.15, -0.1) is 0 Å². The minimum absolute atomic E-state index is 0.0711. The average molecular weight is 452 g/mol. The molecule has 0 spiro atoms. The summed E-state index contributed by atoms with van der Waals surface area (Å²) < 4.78 is 15.0. The Labute approximate surface area is 192 Å². The van der Waals surface area contributed by atoms with Gasteiger partial charge in [0.2, 0.25) is 0 Å². The van der Waals surface area contributed by atoms with Crippen LogP contribution in [-0.4, -0.2) is 26.0 Å². The van der Waals surface area contributed by atoms with Crippen LogP contribution in [0.1, 0.15) is 43.0 Å². The molecule has 0 saturated carbocycles. The molecule has 2 aromatic carbocycles. The van der Waals surface area contributed by atoms with Crippen LogP contribution in [-0.2, 0) is 30.0 Å². The maximum atomic E-state index is 13.0. The fourth-order valence-corrected chi connectivity index (χ4v) is 5.70. The Morgan fingerprint density at radius 3 is 1.80 bits per heavy atom. The number of nitrogens with zero attached hydrogens (tertiary/aromatic N) is 1. The number of fused-ring (bicyclic) bond motifs is 5. The molecule has 30 heavy (non-hydrogen) atoms. The maximum absolute atomic E-state index is 13.0. The Morgan fingerprint density at radius 2 is 1.37 bits per heavy atom. The molecule has 0 saturated heterocycles. The van der Waals surface area contributed by atoms with Gasteiger partial charge >= 0.3 is 38.5 Å². The van der Waals surface area contributed by atoms with Crippen molar-refractivity contribution in [2.24, 2.45) is 5.92 Å². The molecule has 0 aromatic heterocycles. The predicted molar refractivity (Wildman–Crippen MR) is 126 cm³/mol. The summed E-state index contributed by atoms with van der Waals surface area (Å²) in [4.78, 5) is 0. The van der Waals surface area contributed by atoms with E-state index in [9.17, 15) is 4.46 Å². The fraction of sp³-hybridized carbons (Fsp3) is 0.385. The second-order valence-electron chi connectivity index (χ2n) is 9.14. The molecule has 0 unspecified atom stereocenters. The Morgan fingerprint density at radius 1 is 0.933 bits per heavy atom. The second kappa shape index (κ2) is 9.72. The van der Waals surface area contributed by atoms with Gasteiger partial charge in [0.05, 0.1) is 0 Å². The molecule has 0 amide bonds. The molecule has 0 radical (unpaired) electrons. The van der Waals surface area contributed by atoms with Gasteiger partial charge in [0.15, 0.2) is 0 Å². The van der Waals surface area contributed by atoms with Gasteiger partial charge in [-0.1, -0.05) is 60.7 Å². The molecule has 2 nitrogen and oxygen atoms in total. The standard InChI is InChI=1S/C24H27NOSi.2CH3.Ti/c1-24(2,3)25(4)27(26)16-17-13-22-20-11-7-5-9-18(20)15-19-10-6-8-12-21(19)23(22)14-17;;;/h5-14,17H,15-16H2,1-4H3;2*1H3;. The summed E-state index contributed by atoms with van der Waals surface area (Å²) in [5.41, 5.74) is 7.96. The third-order valence-corrected chi connectivity index (χ3v) is 8.08. The van der Waals surface area contributed by atoms with Crippen molar-refractivity contribution in [2.75, 3.05) is 7.05 Å². The molecular weight excluding hydrogens is 418 g/mol. The van der Waals surface area contributed by atoms with Gasteiger partial charge in [-0.05, 0) is 60.6 Å². The molecule has 156 valence electrons. The first kappa shape index (κ1) is 23.1. The van der Waals surface area contributed by atoms with Crippen LogP contribution in [0.5, 0.6) is 0 Å². The molecule has 2 aliphatic rings. The van der Waals surface area contributed by atoms with Crippen LogP contribution >= 0.6 is 0 Å². The number of allylic oxidation sites excluding steroid dienone is 4. The molecule has 0 fully saturated rings. The van der Waals surface area contributed by atoms with Crippen molar-refractivity contribution in [3.63, 3.8) is 0 Å². The molecule has 2 aliphatic carbocycles. The molecular formula is C26H33NOSiTi. The minimum atomic E-state index is -1.82. The van der Waals surface area contributed by atoms with Crippen LogP contribution in [0.15, 0.2) is 60.7 Å². The zero-order valence-corrected chi connectivity index (χ0v) is 21.7. The van der Waals surface area contributed by atoms with E-state index in [1.807, 2.05) is 11.6 Å². The van der Waals surface area contributed by atoms with Gasteiger partial charge in [-0.2, -0.15) is 0 Å². The molecule has 0 aliphatic heterocycles. The first-order chi connectivity index (χ1) is 14.3. The number of rotatable bonds is 3. The molecule has 0 heterocycles. The Bertz CT molecular complexity index is 925. The predicted octanol–water partition coefficient (Wildman–Crippen LogP) is 6.50. The topological polar surface area (TPSA) is 20.3 Å². The van der Waals surface area contributed by atoms with E-state index in [2.05, 4.69) is 91.9 Å². The Hall–Kier alpha value is -1.55. The number of hydrogen-bond donors (Lipinski definition) is 0. The molecule has 0 atom stereocenters. The van der Waals surface area contributed by atoms with Gasteiger partial charge in [0.1, 0.15) is 0 Å². The fourth-order valence-electron chi connectivity index (χ4n) is 4.04. The normalized spacial score (nSPS) is 14.7. The van der Waals surface area contributed by atoms with Gasteiger partial charge in [0, 0.05) is 24.5 Å². The SMILES string of the molecule is CN([Si](=O)CC1C=C2C(=C1)c1ccccc1Cc1ccccc12)C(C)(C)C.[CH3][Ti][CH3]. The first-order valence-electron chi connectivity index (χ1n) is 10.7. The molecule has 4 heteroatoms. The zero-order valence-electron chi connectivity index (χ0n) is 19.1. The summed E-state index contributed by atoms with van der Waals surface area (Å²) >= 11 is 0.500. The van der Waals surface area contributed by atoms with Crippen LogP contribution in [0.2, 0.25) is 16.5 Å². The zero-order chi connectivity index (χ0) is 21.9. The summed E-state index contributed by atoms with van der Waals surface area (Å²) in [6.07, 6.45) is 5.65. The van der Waals surface area contributed by atoms with Crippen LogP contribution in [0.25, 0.3) is 11.1 Å². The van der Waals surface area contributed by atoms with E-state index < -0.39 is 8.84 Å². The van der Waals surface area contributed by atoms with Crippen LogP contribution < -0.4 is 0 Å². The van der Waals surface area contributed by atoms with Crippen molar-refractivity contribution < 1.29 is 23.6 Å². The second-order valence-corrected chi connectivity index (χ2v) is 12.6. The van der Waals surface area contributed by atoms with E-state index in [0.717, 1.165) is 6.42 Å². The van der Waals surface area contributed by atoms with Gasteiger partial charge in [-0.3, -0.25) is 0 Å². The third kappa shape index (κ3) is 5.02. The van der Waals surface area contributed by atoms with Crippen LogP contribution in [0, 0.1) is 5.92 Å². The summed E-state index contributed by atoms with van der Waals surface area (Å²) in [6.45, 7) is 6.37. The van der Waals surface area contributed by atoms with Crippen molar-refractivity contribution in [2.45, 2.75) is 49.2 Å². The van der Waals surface area contributed by atoms with Crippen LogP contribution in [0.3, 0.4) is 0 Å². The van der Waals surface area contributed by atoms with Crippen molar-refractivity contribution >= 4 is 20.0 Å². The van der Waals surface area contributed by atoms with Gasteiger partial charge in [0.25, 0.3) is 0 Å². The molecule has 4 rings (SSSR count). The number of hydrogen-bond acceptors (Lipinski definition) is 1. The Balaban J connectivity index is 0.000000806. The van der Waals surface area contributed by atoms with Crippen LogP contribution in [0.4, 0.5) is 0 Å². The summed E-state index contributed by atoms with van der Waals surface area (Å²) in [6, 6.07) is 18.1. The van der Waals surface area contributed by atoms with E-state index in [4.69, 9.17) is 0 Å². The summed E-state index contributed by atoms with van der Waals surface area (Å²) in [7, 11) is 0.167. The van der Waals surface area contributed by atoms with Gasteiger partial charge in [-0.25, -0.2) is 0 Å². The Kier molecular flexibility index (Phi) is 7.49. The van der Waals surface area contributed by atoms with E-state index in [-0.39, 0.29) is 11.5 Å². The van der Waals surface area contributed by atoms with E-state index >= 15 is 0 Å². The summed E-state index contributed by atoms with van der Waals surface area (Å²) in [5, 5.41) is 4.50. The van der Waals surface area contributed by atoms with E-state index in [1.165, 1.54) is 33.4 Å². The van der Waals surface area contributed by atoms with Gasteiger partial charge < -0.3 is 9.03 Å². The van der Waals surface area contributed by atoms with E-state index in [0.29, 0.717) is 25.2 Å². The summed E-state index contributed by atoms with van der Waals surface area (Å²) in [5.74, 6) is 0.227. The van der Waals surface area contributed by atoms with Crippen molar-refractivity contribution in [3.05, 3.63) is 82.9 Å². The van der Waals surface area contributed by atoms with Crippen molar-refractivity contribution in [1.29, 1.82) is 0 Å². The first-order valence-corrected chi connectivity index (χ1v) is 15.4. The third-order valence-electron chi connectivity index (χ3n) is 5.84.